The minimum atomic E-state index is -0.815. The van der Waals surface area contributed by atoms with Crippen LogP contribution in [0.5, 0.6) is 11.5 Å². The van der Waals surface area contributed by atoms with E-state index in [1.165, 1.54) is 13.2 Å². The summed E-state index contributed by atoms with van der Waals surface area (Å²) in [6.45, 7) is 1.87. The first-order valence-electron chi connectivity index (χ1n) is 10.6. The Kier molecular flexibility index (Phi) is 6.88. The van der Waals surface area contributed by atoms with Gasteiger partial charge in [0.2, 0.25) is 0 Å². The lowest BCUT2D eigenvalue weighted by Crippen LogP contribution is -2.54. The van der Waals surface area contributed by atoms with E-state index in [1.54, 1.807) is 53.4 Å². The lowest BCUT2D eigenvalue weighted by molar-refractivity contribution is -0.137. The second kappa shape index (κ2) is 10.2. The van der Waals surface area contributed by atoms with E-state index in [4.69, 9.17) is 14.2 Å². The number of morpholine rings is 1. The number of anilines is 1. The van der Waals surface area contributed by atoms with Crippen molar-refractivity contribution in [2.75, 3.05) is 44.9 Å². The summed E-state index contributed by atoms with van der Waals surface area (Å²) < 4.78 is 16.3. The van der Waals surface area contributed by atoms with E-state index >= 15 is 0 Å². The van der Waals surface area contributed by atoms with Crippen molar-refractivity contribution in [1.29, 1.82) is 0 Å². The highest BCUT2D eigenvalue weighted by Crippen LogP contribution is 2.30. The van der Waals surface area contributed by atoms with Gasteiger partial charge in [0.05, 0.1) is 26.0 Å². The molecule has 0 spiro atoms. The molecule has 0 radical (unpaired) electrons. The summed E-state index contributed by atoms with van der Waals surface area (Å²) in [4.78, 5) is 52.5. The predicted molar refractivity (Wildman–Crippen MR) is 121 cm³/mol. The number of nitrogens with zero attached hydrogens (tertiary/aromatic N) is 2. The predicted octanol–water partition coefficient (Wildman–Crippen LogP) is 1.60. The third-order valence-corrected chi connectivity index (χ3v) is 5.33. The SMILES string of the molecule is COc1cc(/C=C2/C(=O)NC(=O)N(c3ccccc3)C2=O)ccc1OCC(=O)N1CCOCC1. The highest BCUT2D eigenvalue weighted by atomic mass is 16.5. The van der Waals surface area contributed by atoms with Gasteiger partial charge in [-0.05, 0) is 35.9 Å². The molecule has 2 aromatic carbocycles. The van der Waals surface area contributed by atoms with Gasteiger partial charge in [0.25, 0.3) is 17.7 Å². The number of methoxy groups -OCH3 is 1. The molecule has 176 valence electrons. The summed E-state index contributed by atoms with van der Waals surface area (Å²) in [6.07, 6.45) is 1.37. The second-order valence-electron chi connectivity index (χ2n) is 7.49. The number of amides is 5. The Bertz CT molecular complexity index is 1140. The van der Waals surface area contributed by atoms with Crippen molar-refractivity contribution in [1.82, 2.24) is 10.2 Å². The topological polar surface area (TPSA) is 114 Å². The van der Waals surface area contributed by atoms with Crippen LogP contribution in [0.3, 0.4) is 0 Å². The average molecular weight is 465 g/mol. The zero-order valence-electron chi connectivity index (χ0n) is 18.5. The zero-order valence-corrected chi connectivity index (χ0v) is 18.5. The standard InChI is InChI=1S/C24H23N3O7/c1-32-20-14-16(7-8-19(20)34-15-21(28)26-9-11-33-12-10-26)13-18-22(29)25-24(31)27(23(18)30)17-5-3-2-4-6-17/h2-8,13-14H,9-12,15H2,1H3,(H,25,29,31)/b18-13-. The van der Waals surface area contributed by atoms with Gasteiger partial charge in [-0.15, -0.1) is 0 Å². The maximum absolute atomic E-state index is 13.0. The Morgan fingerprint density at radius 2 is 1.79 bits per heavy atom. The summed E-state index contributed by atoms with van der Waals surface area (Å²) in [5.74, 6) is -1.03. The van der Waals surface area contributed by atoms with E-state index in [1.807, 2.05) is 0 Å². The van der Waals surface area contributed by atoms with Crippen LogP contribution < -0.4 is 19.7 Å². The van der Waals surface area contributed by atoms with Gasteiger partial charge in [0.15, 0.2) is 18.1 Å². The number of barbiturate groups is 1. The summed E-state index contributed by atoms with van der Waals surface area (Å²) in [5, 5.41) is 2.18. The van der Waals surface area contributed by atoms with Crippen LogP contribution in [0.1, 0.15) is 5.56 Å². The van der Waals surface area contributed by atoms with E-state index in [0.717, 1.165) is 4.90 Å². The van der Waals surface area contributed by atoms with Crippen LogP contribution in [-0.2, 0) is 19.1 Å². The molecule has 0 aliphatic carbocycles. The fourth-order valence-corrected chi connectivity index (χ4v) is 3.57. The number of para-hydroxylation sites is 1. The van der Waals surface area contributed by atoms with E-state index in [0.29, 0.717) is 49.1 Å². The van der Waals surface area contributed by atoms with Crippen LogP contribution in [0, 0.1) is 0 Å². The van der Waals surface area contributed by atoms with Crippen molar-refractivity contribution in [3.8, 4) is 11.5 Å². The minimum absolute atomic E-state index is 0.160. The molecule has 1 N–H and O–H groups in total. The van der Waals surface area contributed by atoms with E-state index in [2.05, 4.69) is 5.32 Å². The number of nitrogens with one attached hydrogen (secondary N) is 1. The maximum atomic E-state index is 13.0. The molecule has 2 heterocycles. The monoisotopic (exact) mass is 465 g/mol. The summed E-state index contributed by atoms with van der Waals surface area (Å²) in [5.41, 5.74) is 0.612. The van der Waals surface area contributed by atoms with Crippen molar-refractivity contribution in [2.45, 2.75) is 0 Å². The number of ether oxygens (including phenoxy) is 3. The van der Waals surface area contributed by atoms with Crippen molar-refractivity contribution >= 4 is 35.5 Å². The van der Waals surface area contributed by atoms with Gasteiger partial charge in [0, 0.05) is 13.1 Å². The largest absolute Gasteiger partial charge is 0.493 e. The lowest BCUT2D eigenvalue weighted by Gasteiger charge is -2.27. The molecular formula is C24H23N3O7. The second-order valence-corrected chi connectivity index (χ2v) is 7.49. The number of hydrogen-bond acceptors (Lipinski definition) is 7. The highest BCUT2D eigenvalue weighted by Gasteiger charge is 2.36. The van der Waals surface area contributed by atoms with Crippen molar-refractivity contribution < 1.29 is 33.4 Å². The summed E-state index contributed by atoms with van der Waals surface area (Å²) >= 11 is 0. The van der Waals surface area contributed by atoms with Crippen LogP contribution in [-0.4, -0.2) is 68.7 Å². The van der Waals surface area contributed by atoms with Crippen molar-refractivity contribution in [2.24, 2.45) is 0 Å². The number of urea groups is 1. The number of rotatable bonds is 6. The Hall–Kier alpha value is -4.18. The first-order valence-corrected chi connectivity index (χ1v) is 10.6. The van der Waals surface area contributed by atoms with Crippen LogP contribution in [0.15, 0.2) is 54.1 Å². The first kappa shape index (κ1) is 23.0. The lowest BCUT2D eigenvalue weighted by atomic mass is 10.1. The fourth-order valence-electron chi connectivity index (χ4n) is 3.57. The van der Waals surface area contributed by atoms with Gasteiger partial charge in [-0.1, -0.05) is 24.3 Å². The molecule has 2 aliphatic rings. The molecule has 10 nitrogen and oxygen atoms in total. The van der Waals surface area contributed by atoms with E-state index in [9.17, 15) is 19.2 Å². The summed E-state index contributed by atoms with van der Waals surface area (Å²) in [6, 6.07) is 12.3. The fraction of sp³-hybridized carbons (Fsp3) is 0.250. The smallest absolute Gasteiger partial charge is 0.335 e. The number of benzene rings is 2. The minimum Gasteiger partial charge on any atom is -0.493 e. The van der Waals surface area contributed by atoms with Crippen LogP contribution in [0.2, 0.25) is 0 Å². The normalized spacial score (nSPS) is 17.6. The molecule has 0 atom stereocenters. The van der Waals surface area contributed by atoms with Gasteiger partial charge in [0.1, 0.15) is 5.57 Å². The molecule has 0 bridgehead atoms. The Labute approximate surface area is 195 Å². The molecule has 2 aliphatic heterocycles. The van der Waals surface area contributed by atoms with Crippen molar-refractivity contribution in [3.63, 3.8) is 0 Å². The highest BCUT2D eigenvalue weighted by molar-refractivity contribution is 6.39. The molecule has 0 aromatic heterocycles. The van der Waals surface area contributed by atoms with E-state index in [-0.39, 0.29) is 18.1 Å². The molecule has 0 saturated carbocycles. The molecule has 0 unspecified atom stereocenters. The molecule has 34 heavy (non-hydrogen) atoms. The number of carbonyl (C=O) groups excluding carboxylic acids is 4. The van der Waals surface area contributed by atoms with Crippen LogP contribution >= 0.6 is 0 Å². The number of imide groups is 2. The van der Waals surface area contributed by atoms with Gasteiger partial charge in [-0.2, -0.15) is 0 Å². The Balaban J connectivity index is 1.52. The molecule has 5 amide bonds. The quantitative estimate of drug-likeness (QED) is 0.509. The maximum Gasteiger partial charge on any atom is 0.335 e. The molecule has 2 saturated heterocycles. The van der Waals surface area contributed by atoms with Crippen molar-refractivity contribution in [3.05, 3.63) is 59.7 Å². The van der Waals surface area contributed by atoms with Gasteiger partial charge >= 0.3 is 6.03 Å². The van der Waals surface area contributed by atoms with Crippen LogP contribution in [0.25, 0.3) is 6.08 Å². The Morgan fingerprint density at radius 1 is 1.06 bits per heavy atom. The summed E-state index contributed by atoms with van der Waals surface area (Å²) in [7, 11) is 1.44. The number of hydrogen-bond donors (Lipinski definition) is 1. The third-order valence-electron chi connectivity index (χ3n) is 5.33. The van der Waals surface area contributed by atoms with E-state index < -0.39 is 17.8 Å². The Morgan fingerprint density at radius 3 is 2.50 bits per heavy atom. The van der Waals surface area contributed by atoms with Gasteiger partial charge in [-0.3, -0.25) is 19.7 Å². The molecule has 4 rings (SSSR count). The van der Waals surface area contributed by atoms with Gasteiger partial charge < -0.3 is 19.1 Å². The molecule has 2 aromatic rings. The zero-order chi connectivity index (χ0) is 24.1. The van der Waals surface area contributed by atoms with Gasteiger partial charge in [-0.25, -0.2) is 9.69 Å². The molecule has 2 fully saturated rings. The third kappa shape index (κ3) is 4.91. The first-order chi connectivity index (χ1) is 16.5. The molecule has 10 heteroatoms. The molecular weight excluding hydrogens is 442 g/mol. The van der Waals surface area contributed by atoms with Crippen LogP contribution in [0.4, 0.5) is 10.5 Å². The number of carbonyl (C=O) groups is 4. The average Bonchev–Trinajstić information content (AvgIpc) is 2.86.